The van der Waals surface area contributed by atoms with Crippen LogP contribution >= 0.6 is 11.6 Å². The molecule has 1 fully saturated rings. The Labute approximate surface area is 178 Å². The first-order valence-corrected chi connectivity index (χ1v) is 10.4. The molecule has 0 saturated carbocycles. The van der Waals surface area contributed by atoms with Gasteiger partial charge in [-0.2, -0.15) is 0 Å². The van der Waals surface area contributed by atoms with E-state index in [4.69, 9.17) is 25.8 Å². The molecule has 1 aliphatic rings. The lowest BCUT2D eigenvalue weighted by atomic mass is 9.94. The SMILES string of the molecule is C=C(C)OCC1CC(O)CC(c2ccc(Cl)c(Cc3ccc(OCC)cc3)c2)O1. The fraction of sp³-hybridized carbons (Fsp3) is 0.417. The maximum atomic E-state index is 10.3. The van der Waals surface area contributed by atoms with Crippen molar-refractivity contribution in [1.29, 1.82) is 0 Å². The van der Waals surface area contributed by atoms with Crippen molar-refractivity contribution < 1.29 is 19.3 Å². The van der Waals surface area contributed by atoms with Gasteiger partial charge in [0.05, 0.1) is 30.7 Å². The molecule has 1 aliphatic heterocycles. The van der Waals surface area contributed by atoms with Crippen molar-refractivity contribution >= 4 is 11.6 Å². The summed E-state index contributed by atoms with van der Waals surface area (Å²) < 4.78 is 17.2. The third kappa shape index (κ3) is 6.23. The van der Waals surface area contributed by atoms with Gasteiger partial charge in [0.25, 0.3) is 0 Å². The van der Waals surface area contributed by atoms with Crippen LogP contribution in [-0.2, 0) is 15.9 Å². The van der Waals surface area contributed by atoms with Crippen molar-refractivity contribution in [2.75, 3.05) is 13.2 Å². The number of allylic oxidation sites excluding steroid dienone is 1. The molecule has 3 atom stereocenters. The van der Waals surface area contributed by atoms with Crippen molar-refractivity contribution in [3.05, 3.63) is 76.5 Å². The van der Waals surface area contributed by atoms with E-state index in [-0.39, 0.29) is 12.2 Å². The Morgan fingerprint density at radius 3 is 2.66 bits per heavy atom. The summed E-state index contributed by atoms with van der Waals surface area (Å²) in [6.07, 6.45) is 1.08. The van der Waals surface area contributed by atoms with E-state index in [2.05, 4.69) is 24.8 Å². The Hall–Kier alpha value is -2.01. The van der Waals surface area contributed by atoms with E-state index < -0.39 is 6.10 Å². The second-order valence-corrected chi connectivity index (χ2v) is 7.90. The Bertz CT molecular complexity index is 818. The van der Waals surface area contributed by atoms with Crippen LogP contribution in [0.2, 0.25) is 5.02 Å². The maximum absolute atomic E-state index is 10.3. The molecular formula is C24H29ClO4. The molecule has 0 aromatic heterocycles. The smallest absolute Gasteiger partial charge is 0.119 e. The molecule has 0 aliphatic carbocycles. The van der Waals surface area contributed by atoms with Gasteiger partial charge in [-0.15, -0.1) is 0 Å². The van der Waals surface area contributed by atoms with Crippen LogP contribution in [0.1, 0.15) is 49.5 Å². The molecule has 1 heterocycles. The van der Waals surface area contributed by atoms with E-state index in [0.717, 1.165) is 33.9 Å². The van der Waals surface area contributed by atoms with E-state index >= 15 is 0 Å². The van der Waals surface area contributed by atoms with Gasteiger partial charge in [-0.1, -0.05) is 42.4 Å². The first-order valence-electron chi connectivity index (χ1n) is 10.1. The van der Waals surface area contributed by atoms with E-state index in [1.54, 1.807) is 0 Å². The first kappa shape index (κ1) is 21.7. The number of rotatable bonds is 8. The van der Waals surface area contributed by atoms with Gasteiger partial charge in [0.15, 0.2) is 0 Å². The highest BCUT2D eigenvalue weighted by Crippen LogP contribution is 2.34. The third-order valence-electron chi connectivity index (χ3n) is 4.96. The molecule has 3 unspecified atom stereocenters. The second kappa shape index (κ2) is 10.1. The van der Waals surface area contributed by atoms with Gasteiger partial charge in [-0.05, 0) is 55.2 Å². The van der Waals surface area contributed by atoms with E-state index in [9.17, 15) is 5.11 Å². The van der Waals surface area contributed by atoms with Crippen LogP contribution in [0.5, 0.6) is 5.75 Å². The highest BCUT2D eigenvalue weighted by molar-refractivity contribution is 6.31. The number of aliphatic hydroxyl groups excluding tert-OH is 1. The van der Waals surface area contributed by atoms with Crippen LogP contribution in [0.15, 0.2) is 54.8 Å². The van der Waals surface area contributed by atoms with Crippen molar-refractivity contribution in [2.45, 2.75) is 51.4 Å². The van der Waals surface area contributed by atoms with Gasteiger partial charge in [0.2, 0.25) is 0 Å². The molecule has 0 amide bonds. The molecule has 29 heavy (non-hydrogen) atoms. The van der Waals surface area contributed by atoms with Crippen LogP contribution in [-0.4, -0.2) is 30.5 Å². The van der Waals surface area contributed by atoms with Crippen LogP contribution in [0.4, 0.5) is 0 Å². The molecule has 1 saturated heterocycles. The highest BCUT2D eigenvalue weighted by Gasteiger charge is 2.30. The van der Waals surface area contributed by atoms with Gasteiger partial charge >= 0.3 is 0 Å². The second-order valence-electron chi connectivity index (χ2n) is 7.49. The Kier molecular flexibility index (Phi) is 7.59. The number of halogens is 1. The van der Waals surface area contributed by atoms with Gasteiger partial charge < -0.3 is 19.3 Å². The summed E-state index contributed by atoms with van der Waals surface area (Å²) in [5, 5.41) is 11.0. The number of ether oxygens (including phenoxy) is 3. The predicted molar refractivity (Wildman–Crippen MR) is 115 cm³/mol. The number of aliphatic hydroxyl groups is 1. The summed E-state index contributed by atoms with van der Waals surface area (Å²) in [4.78, 5) is 0. The lowest BCUT2D eigenvalue weighted by molar-refractivity contribution is -0.117. The Morgan fingerprint density at radius 1 is 1.21 bits per heavy atom. The molecule has 0 spiro atoms. The first-order chi connectivity index (χ1) is 13.9. The third-order valence-corrected chi connectivity index (χ3v) is 5.33. The summed E-state index contributed by atoms with van der Waals surface area (Å²) in [7, 11) is 0. The fourth-order valence-corrected chi connectivity index (χ4v) is 3.75. The summed E-state index contributed by atoms with van der Waals surface area (Å²) in [6, 6.07) is 14.0. The van der Waals surface area contributed by atoms with Crippen LogP contribution in [0.25, 0.3) is 0 Å². The van der Waals surface area contributed by atoms with E-state index in [0.29, 0.717) is 31.8 Å². The minimum Gasteiger partial charge on any atom is -0.496 e. The summed E-state index contributed by atoms with van der Waals surface area (Å²) in [5.74, 6) is 1.51. The summed E-state index contributed by atoms with van der Waals surface area (Å²) >= 11 is 6.46. The normalized spacial score (nSPS) is 21.6. The largest absolute Gasteiger partial charge is 0.496 e. The zero-order chi connectivity index (χ0) is 20.8. The van der Waals surface area contributed by atoms with Crippen LogP contribution in [0, 0.1) is 0 Å². The number of hydrogen-bond donors (Lipinski definition) is 1. The average Bonchev–Trinajstić information content (AvgIpc) is 2.69. The fourth-order valence-electron chi connectivity index (χ4n) is 3.57. The summed E-state index contributed by atoms with van der Waals surface area (Å²) in [5.41, 5.74) is 3.21. The molecule has 1 N–H and O–H groups in total. The molecule has 4 nitrogen and oxygen atoms in total. The quantitative estimate of drug-likeness (QED) is 0.580. The molecule has 0 radical (unpaired) electrons. The maximum Gasteiger partial charge on any atom is 0.119 e. The van der Waals surface area contributed by atoms with Crippen LogP contribution < -0.4 is 4.74 Å². The lowest BCUT2D eigenvalue weighted by Gasteiger charge is -2.33. The molecule has 5 heteroatoms. The van der Waals surface area contributed by atoms with E-state index in [1.807, 2.05) is 38.1 Å². The Balaban J connectivity index is 1.72. The predicted octanol–water partition coefficient (Wildman–Crippen LogP) is 5.46. The van der Waals surface area contributed by atoms with Crippen LogP contribution in [0.3, 0.4) is 0 Å². The van der Waals surface area contributed by atoms with Gasteiger partial charge in [-0.25, -0.2) is 0 Å². The van der Waals surface area contributed by atoms with Crippen molar-refractivity contribution in [1.82, 2.24) is 0 Å². The standard InChI is InChI=1S/C24H29ClO4/c1-4-27-21-8-5-17(6-9-21)11-19-12-18(7-10-23(19)25)24-14-20(26)13-22(29-24)15-28-16(2)3/h5-10,12,20,22,24,26H,2,4,11,13-15H2,1,3H3. The summed E-state index contributed by atoms with van der Waals surface area (Å²) in [6.45, 7) is 8.58. The number of hydrogen-bond acceptors (Lipinski definition) is 4. The van der Waals surface area contributed by atoms with Gasteiger partial charge in [0.1, 0.15) is 12.4 Å². The number of benzene rings is 2. The van der Waals surface area contributed by atoms with Crippen molar-refractivity contribution in [2.24, 2.45) is 0 Å². The molecule has 156 valence electrons. The molecule has 2 aromatic rings. The van der Waals surface area contributed by atoms with Crippen molar-refractivity contribution in [3.63, 3.8) is 0 Å². The highest BCUT2D eigenvalue weighted by atomic mass is 35.5. The van der Waals surface area contributed by atoms with Crippen molar-refractivity contribution in [3.8, 4) is 5.75 Å². The lowest BCUT2D eigenvalue weighted by Crippen LogP contribution is -2.34. The molecule has 0 bridgehead atoms. The minimum atomic E-state index is -0.419. The van der Waals surface area contributed by atoms with E-state index in [1.165, 1.54) is 0 Å². The van der Waals surface area contributed by atoms with Gasteiger partial charge in [0, 0.05) is 17.9 Å². The zero-order valence-corrected chi connectivity index (χ0v) is 17.8. The average molecular weight is 417 g/mol. The molecule has 2 aromatic carbocycles. The molecular weight excluding hydrogens is 388 g/mol. The topological polar surface area (TPSA) is 47.9 Å². The zero-order valence-electron chi connectivity index (χ0n) is 17.1. The Morgan fingerprint density at radius 2 is 1.97 bits per heavy atom. The van der Waals surface area contributed by atoms with Gasteiger partial charge in [-0.3, -0.25) is 0 Å². The minimum absolute atomic E-state index is 0.161. The molecule has 3 rings (SSSR count). The monoisotopic (exact) mass is 416 g/mol.